The highest BCUT2D eigenvalue weighted by Gasteiger charge is 2.09. The Hall–Kier alpha value is -0.870. The van der Waals surface area contributed by atoms with Crippen LogP contribution in [-0.2, 0) is 17.7 Å². The van der Waals surface area contributed by atoms with Crippen LogP contribution in [0.4, 0.5) is 0 Å². The number of imidazole rings is 1. The zero-order chi connectivity index (χ0) is 11.3. The zero-order valence-electron chi connectivity index (χ0n) is 9.86. The molecule has 0 bridgehead atoms. The van der Waals surface area contributed by atoms with Gasteiger partial charge in [0.05, 0.1) is 24.2 Å². The SMILES string of the molecule is CC(C)(C)OCCn1cnc(CCN)c1. The Morgan fingerprint density at radius 3 is 2.80 bits per heavy atom. The molecule has 1 aromatic heterocycles. The van der Waals surface area contributed by atoms with Gasteiger partial charge in [-0.1, -0.05) is 0 Å². The van der Waals surface area contributed by atoms with Gasteiger partial charge in [0.1, 0.15) is 0 Å². The van der Waals surface area contributed by atoms with Crippen molar-refractivity contribution in [1.29, 1.82) is 0 Å². The topological polar surface area (TPSA) is 53.1 Å². The molecule has 1 heterocycles. The lowest BCUT2D eigenvalue weighted by Gasteiger charge is -2.19. The minimum atomic E-state index is -0.0688. The maximum absolute atomic E-state index is 5.63. The van der Waals surface area contributed by atoms with Gasteiger partial charge in [-0.15, -0.1) is 0 Å². The lowest BCUT2D eigenvalue weighted by molar-refractivity contribution is -0.00683. The first-order valence-corrected chi connectivity index (χ1v) is 5.36. The van der Waals surface area contributed by atoms with Crippen LogP contribution in [0.15, 0.2) is 12.5 Å². The molecule has 0 unspecified atom stereocenters. The molecule has 1 aromatic rings. The van der Waals surface area contributed by atoms with Gasteiger partial charge in [-0.2, -0.15) is 0 Å². The predicted octanol–water partition coefficient (Wildman–Crippen LogP) is 1.20. The summed E-state index contributed by atoms with van der Waals surface area (Å²) < 4.78 is 7.67. The average molecular weight is 211 g/mol. The molecule has 0 atom stereocenters. The fraction of sp³-hybridized carbons (Fsp3) is 0.727. The number of nitrogens with two attached hydrogens (primary N) is 1. The van der Waals surface area contributed by atoms with E-state index in [4.69, 9.17) is 10.5 Å². The van der Waals surface area contributed by atoms with Crippen LogP contribution in [0.2, 0.25) is 0 Å². The van der Waals surface area contributed by atoms with E-state index in [2.05, 4.69) is 25.8 Å². The van der Waals surface area contributed by atoms with Crippen molar-refractivity contribution in [3.63, 3.8) is 0 Å². The third-order valence-electron chi connectivity index (χ3n) is 1.97. The summed E-state index contributed by atoms with van der Waals surface area (Å²) in [6, 6.07) is 0. The van der Waals surface area contributed by atoms with E-state index in [9.17, 15) is 0 Å². The normalized spacial score (nSPS) is 12.0. The highest BCUT2D eigenvalue weighted by atomic mass is 16.5. The van der Waals surface area contributed by atoms with Crippen LogP contribution in [-0.4, -0.2) is 28.3 Å². The zero-order valence-corrected chi connectivity index (χ0v) is 9.86. The summed E-state index contributed by atoms with van der Waals surface area (Å²) in [5, 5.41) is 0. The highest BCUT2D eigenvalue weighted by Crippen LogP contribution is 2.06. The van der Waals surface area contributed by atoms with E-state index in [0.717, 1.165) is 18.7 Å². The maximum Gasteiger partial charge on any atom is 0.0950 e. The second kappa shape index (κ2) is 5.28. The molecule has 15 heavy (non-hydrogen) atoms. The fourth-order valence-corrected chi connectivity index (χ4v) is 1.26. The van der Waals surface area contributed by atoms with Crippen molar-refractivity contribution in [2.75, 3.05) is 13.2 Å². The van der Waals surface area contributed by atoms with Crippen molar-refractivity contribution in [3.8, 4) is 0 Å². The third kappa shape index (κ3) is 4.95. The maximum atomic E-state index is 5.63. The first-order chi connectivity index (χ1) is 7.01. The number of ether oxygens (including phenoxy) is 1. The number of nitrogens with zero attached hydrogens (tertiary/aromatic N) is 2. The summed E-state index contributed by atoms with van der Waals surface area (Å²) in [5.41, 5.74) is 6.43. The minimum Gasteiger partial charge on any atom is -0.374 e. The Labute approximate surface area is 91.4 Å². The molecule has 0 saturated heterocycles. The monoisotopic (exact) mass is 211 g/mol. The van der Waals surface area contributed by atoms with E-state index in [1.54, 1.807) is 0 Å². The third-order valence-corrected chi connectivity index (χ3v) is 1.97. The Morgan fingerprint density at radius 1 is 1.47 bits per heavy atom. The van der Waals surface area contributed by atoms with E-state index in [1.165, 1.54) is 0 Å². The van der Waals surface area contributed by atoms with E-state index >= 15 is 0 Å². The molecule has 4 heteroatoms. The fourth-order valence-electron chi connectivity index (χ4n) is 1.26. The van der Waals surface area contributed by atoms with Gasteiger partial charge in [0.15, 0.2) is 0 Å². The van der Waals surface area contributed by atoms with Crippen LogP contribution in [0.3, 0.4) is 0 Å². The highest BCUT2D eigenvalue weighted by molar-refractivity contribution is 4.96. The number of rotatable bonds is 5. The number of aromatic nitrogens is 2. The quantitative estimate of drug-likeness (QED) is 0.796. The molecule has 0 aromatic carbocycles. The molecule has 0 saturated carbocycles. The van der Waals surface area contributed by atoms with Gasteiger partial charge < -0.3 is 15.0 Å². The van der Waals surface area contributed by atoms with Gasteiger partial charge in [0, 0.05) is 19.2 Å². The molecule has 0 aliphatic heterocycles. The minimum absolute atomic E-state index is 0.0688. The number of hydrogen-bond donors (Lipinski definition) is 1. The second-order valence-electron chi connectivity index (χ2n) is 4.60. The molecular weight excluding hydrogens is 190 g/mol. The van der Waals surface area contributed by atoms with Crippen LogP contribution in [0.5, 0.6) is 0 Å². The van der Waals surface area contributed by atoms with Crippen molar-refractivity contribution >= 4 is 0 Å². The predicted molar refractivity (Wildman–Crippen MR) is 60.7 cm³/mol. The summed E-state index contributed by atoms with van der Waals surface area (Å²) >= 11 is 0. The van der Waals surface area contributed by atoms with Crippen LogP contribution in [0.1, 0.15) is 26.5 Å². The smallest absolute Gasteiger partial charge is 0.0950 e. The van der Waals surface area contributed by atoms with E-state index in [-0.39, 0.29) is 5.60 Å². The number of hydrogen-bond acceptors (Lipinski definition) is 3. The van der Waals surface area contributed by atoms with Crippen molar-refractivity contribution in [1.82, 2.24) is 9.55 Å². The van der Waals surface area contributed by atoms with Crippen molar-refractivity contribution < 1.29 is 4.74 Å². The van der Waals surface area contributed by atoms with Gasteiger partial charge in [-0.25, -0.2) is 4.98 Å². The van der Waals surface area contributed by atoms with Crippen LogP contribution in [0.25, 0.3) is 0 Å². The summed E-state index contributed by atoms with van der Waals surface area (Å²) in [7, 11) is 0. The molecule has 0 aliphatic rings. The Bertz CT molecular complexity index is 288. The van der Waals surface area contributed by atoms with Gasteiger partial charge >= 0.3 is 0 Å². The van der Waals surface area contributed by atoms with Gasteiger partial charge in [0.2, 0.25) is 0 Å². The first kappa shape index (κ1) is 12.2. The summed E-state index contributed by atoms with van der Waals surface area (Å²) in [5.74, 6) is 0. The van der Waals surface area contributed by atoms with E-state index < -0.39 is 0 Å². The Kier molecular flexibility index (Phi) is 4.29. The molecule has 0 aliphatic carbocycles. The van der Waals surface area contributed by atoms with Crippen LogP contribution in [0, 0.1) is 0 Å². The molecule has 0 spiro atoms. The molecular formula is C11H21N3O. The molecule has 0 fully saturated rings. The Morgan fingerprint density at radius 2 is 2.20 bits per heavy atom. The first-order valence-electron chi connectivity index (χ1n) is 5.36. The Balaban J connectivity index is 2.31. The van der Waals surface area contributed by atoms with Crippen molar-refractivity contribution in [3.05, 3.63) is 18.2 Å². The van der Waals surface area contributed by atoms with E-state index in [1.807, 2.05) is 17.1 Å². The van der Waals surface area contributed by atoms with Crippen LogP contribution >= 0.6 is 0 Å². The van der Waals surface area contributed by atoms with Gasteiger partial charge in [-0.05, 0) is 27.3 Å². The molecule has 4 nitrogen and oxygen atoms in total. The summed E-state index contributed by atoms with van der Waals surface area (Å²) in [6.45, 7) is 8.37. The summed E-state index contributed by atoms with van der Waals surface area (Å²) in [6.07, 6.45) is 4.70. The largest absolute Gasteiger partial charge is 0.374 e. The van der Waals surface area contributed by atoms with Crippen LogP contribution < -0.4 is 5.73 Å². The molecule has 1 rings (SSSR count). The average Bonchev–Trinajstić information content (AvgIpc) is 2.51. The molecule has 2 N–H and O–H groups in total. The van der Waals surface area contributed by atoms with E-state index in [0.29, 0.717) is 13.2 Å². The molecule has 86 valence electrons. The molecule has 0 amide bonds. The van der Waals surface area contributed by atoms with Crippen molar-refractivity contribution in [2.45, 2.75) is 39.3 Å². The lowest BCUT2D eigenvalue weighted by atomic mass is 10.2. The second-order valence-corrected chi connectivity index (χ2v) is 4.60. The van der Waals surface area contributed by atoms with Gasteiger partial charge in [0.25, 0.3) is 0 Å². The van der Waals surface area contributed by atoms with Crippen molar-refractivity contribution in [2.24, 2.45) is 5.73 Å². The standard InChI is InChI=1S/C11H21N3O/c1-11(2,3)15-7-6-14-8-10(4-5-12)13-9-14/h8-9H,4-7,12H2,1-3H3. The lowest BCUT2D eigenvalue weighted by Crippen LogP contribution is -2.21. The summed E-state index contributed by atoms with van der Waals surface area (Å²) in [4.78, 5) is 4.25. The van der Waals surface area contributed by atoms with Gasteiger partial charge in [-0.3, -0.25) is 0 Å². The molecule has 0 radical (unpaired) electrons.